The van der Waals surface area contributed by atoms with Crippen LogP contribution in [0.15, 0.2) is 0 Å². The van der Waals surface area contributed by atoms with Crippen molar-refractivity contribution in [3.8, 4) is 0 Å². The molecular weight excluding hydrogens is 488 g/mol. The molecule has 0 amide bonds. The summed E-state index contributed by atoms with van der Waals surface area (Å²) in [6.07, 6.45) is 15.1. The van der Waals surface area contributed by atoms with Crippen LogP contribution in [0.4, 0.5) is 11.9 Å². The molecule has 1 atom stereocenters. The van der Waals surface area contributed by atoms with E-state index in [0.717, 1.165) is 49.8 Å². The Morgan fingerprint density at radius 2 is 1.19 bits per heavy atom. The lowest BCUT2D eigenvalue weighted by atomic mass is 9.95. The van der Waals surface area contributed by atoms with Gasteiger partial charge in [-0.25, -0.2) is 10.2 Å². The number of hydrogen-bond donors (Lipinski definition) is 4. The van der Waals surface area contributed by atoms with Crippen molar-refractivity contribution in [2.75, 3.05) is 31.3 Å². The summed E-state index contributed by atoms with van der Waals surface area (Å²) in [7, 11) is -2.63. The molecular formula is C25H50N8O3Si. The van der Waals surface area contributed by atoms with E-state index in [1.807, 2.05) is 20.8 Å². The predicted molar refractivity (Wildman–Crippen MR) is 149 cm³/mol. The molecule has 6 N–H and O–H groups in total. The van der Waals surface area contributed by atoms with Crippen molar-refractivity contribution in [2.45, 2.75) is 116 Å². The third kappa shape index (κ3) is 12.4. The lowest BCUT2D eigenvalue weighted by Crippen LogP contribution is -2.45. The summed E-state index contributed by atoms with van der Waals surface area (Å²) in [5, 5.41) is 13.9. The molecule has 0 saturated carbocycles. The van der Waals surface area contributed by atoms with Gasteiger partial charge in [-0.15, -0.1) is 0 Å². The van der Waals surface area contributed by atoms with Crippen LogP contribution in [0.25, 0.3) is 0 Å². The molecule has 2 aromatic heterocycles. The second kappa shape index (κ2) is 18.3. The van der Waals surface area contributed by atoms with Gasteiger partial charge in [-0.2, -0.15) is 20.2 Å². The van der Waals surface area contributed by atoms with Crippen LogP contribution in [0, 0.1) is 0 Å². The molecule has 0 aliphatic heterocycles. The quantitative estimate of drug-likeness (QED) is 0.111. The first-order chi connectivity index (χ1) is 18.0. The molecule has 0 aliphatic rings. The number of nitrogen functional groups attached to an aromatic ring is 2. The molecule has 0 aromatic carbocycles. The predicted octanol–water partition coefficient (Wildman–Crippen LogP) is 5.14. The zero-order valence-electron chi connectivity index (χ0n) is 23.3. The smallest absolute Gasteiger partial charge is 0.374 e. The molecule has 1 unspecified atom stereocenters. The van der Waals surface area contributed by atoms with E-state index in [2.05, 4.69) is 30.4 Å². The van der Waals surface area contributed by atoms with E-state index in [4.69, 9.17) is 24.7 Å². The Bertz CT molecular complexity index is 817. The van der Waals surface area contributed by atoms with Gasteiger partial charge in [-0.1, -0.05) is 51.4 Å². The van der Waals surface area contributed by atoms with Crippen molar-refractivity contribution in [3.05, 3.63) is 11.6 Å². The second-order valence-corrected chi connectivity index (χ2v) is 12.2. The van der Waals surface area contributed by atoms with E-state index >= 15 is 0 Å². The van der Waals surface area contributed by atoms with Crippen LogP contribution in [-0.2, 0) is 19.7 Å². The first-order valence-electron chi connectivity index (χ1n) is 14.3. The lowest BCUT2D eigenvalue weighted by Gasteiger charge is -2.28. The van der Waals surface area contributed by atoms with E-state index in [0.29, 0.717) is 31.7 Å². The molecule has 0 spiro atoms. The van der Waals surface area contributed by atoms with Gasteiger partial charge in [-0.3, -0.25) is 0 Å². The number of aromatic nitrogens is 6. The summed E-state index contributed by atoms with van der Waals surface area (Å²) in [4.78, 5) is 8.58. The van der Waals surface area contributed by atoms with Gasteiger partial charge in [0.25, 0.3) is 0 Å². The Labute approximate surface area is 223 Å². The summed E-state index contributed by atoms with van der Waals surface area (Å²) in [5.74, 6) is 2.71. The largest absolute Gasteiger partial charge is 0.500 e. The molecule has 212 valence electrons. The first-order valence-corrected chi connectivity index (χ1v) is 16.2. The van der Waals surface area contributed by atoms with Crippen LogP contribution >= 0.6 is 0 Å². The highest BCUT2D eigenvalue weighted by atomic mass is 28.4. The highest BCUT2D eigenvalue weighted by molar-refractivity contribution is 6.60. The number of aryl methyl sites for hydroxylation is 1. The van der Waals surface area contributed by atoms with E-state index in [1.54, 1.807) is 0 Å². The van der Waals surface area contributed by atoms with Crippen LogP contribution in [0.3, 0.4) is 0 Å². The number of nitrogens with zero attached hydrogens (tertiary/aromatic N) is 4. The number of anilines is 2. The van der Waals surface area contributed by atoms with Crippen molar-refractivity contribution in [3.63, 3.8) is 0 Å². The van der Waals surface area contributed by atoms with Crippen molar-refractivity contribution in [1.29, 1.82) is 0 Å². The molecule has 2 rings (SSSR count). The van der Waals surface area contributed by atoms with Gasteiger partial charge in [0.05, 0.1) is 0 Å². The third-order valence-corrected chi connectivity index (χ3v) is 9.67. The SMILES string of the molecule is CCO[Si](CCCC(CCCCCCCCCCCc1n[nH]c(N)n1)c1n[nH]c(N)n1)(OCC)OCC. The Morgan fingerprint density at radius 1 is 0.676 bits per heavy atom. The molecule has 12 heteroatoms. The van der Waals surface area contributed by atoms with Crippen LogP contribution in [0.5, 0.6) is 0 Å². The van der Waals surface area contributed by atoms with Crippen LogP contribution in [0.1, 0.15) is 115 Å². The Balaban J connectivity index is 1.63. The lowest BCUT2D eigenvalue weighted by molar-refractivity contribution is 0.0705. The standard InChI is InChI=1S/C25H50N8O3Si/c1-4-34-37(35-5-2,36-6-3)20-16-18-21(23-29-25(27)33-31-23)17-14-12-10-8-7-9-11-13-15-19-22-28-24(26)32-30-22/h21H,4-20H2,1-3H3,(H3,26,28,30,32)(H3,27,29,31,33). The number of unbranched alkanes of at least 4 members (excludes halogenated alkanes) is 8. The van der Waals surface area contributed by atoms with Crippen molar-refractivity contribution in [2.24, 2.45) is 0 Å². The van der Waals surface area contributed by atoms with Gasteiger partial charge in [0.15, 0.2) is 11.6 Å². The molecule has 0 bridgehead atoms. The van der Waals surface area contributed by atoms with Crippen molar-refractivity contribution < 1.29 is 13.3 Å². The fourth-order valence-electron chi connectivity index (χ4n) is 4.77. The summed E-state index contributed by atoms with van der Waals surface area (Å²) in [5.41, 5.74) is 11.4. The van der Waals surface area contributed by atoms with Gasteiger partial charge >= 0.3 is 8.80 Å². The van der Waals surface area contributed by atoms with E-state index in [9.17, 15) is 0 Å². The monoisotopic (exact) mass is 538 g/mol. The number of H-pyrrole nitrogens is 2. The molecule has 37 heavy (non-hydrogen) atoms. The van der Waals surface area contributed by atoms with Crippen LogP contribution in [0.2, 0.25) is 6.04 Å². The Hall–Kier alpha value is -2.02. The van der Waals surface area contributed by atoms with Gasteiger partial charge in [0.1, 0.15) is 0 Å². The van der Waals surface area contributed by atoms with Gasteiger partial charge < -0.3 is 24.7 Å². The maximum atomic E-state index is 6.02. The molecule has 2 heterocycles. The Morgan fingerprint density at radius 3 is 1.70 bits per heavy atom. The minimum absolute atomic E-state index is 0.282. The molecule has 0 fully saturated rings. The van der Waals surface area contributed by atoms with Crippen molar-refractivity contribution >= 4 is 20.7 Å². The minimum Gasteiger partial charge on any atom is -0.374 e. The zero-order chi connectivity index (χ0) is 26.8. The molecule has 0 radical (unpaired) electrons. The molecule has 11 nitrogen and oxygen atoms in total. The fourth-order valence-corrected chi connectivity index (χ4v) is 7.41. The summed E-state index contributed by atoms with van der Waals surface area (Å²) in [6, 6.07) is 0.811. The van der Waals surface area contributed by atoms with Crippen LogP contribution < -0.4 is 11.5 Å². The number of aromatic amines is 2. The summed E-state index contributed by atoms with van der Waals surface area (Å²) < 4.78 is 18.0. The minimum atomic E-state index is -2.63. The van der Waals surface area contributed by atoms with Gasteiger partial charge in [0.2, 0.25) is 11.9 Å². The fraction of sp³-hybridized carbons (Fsp3) is 0.840. The number of nitrogens with one attached hydrogen (secondary N) is 2. The van der Waals surface area contributed by atoms with Gasteiger partial charge in [0, 0.05) is 38.2 Å². The average Bonchev–Trinajstić information content (AvgIpc) is 3.49. The molecule has 2 aromatic rings. The third-order valence-electron chi connectivity index (χ3n) is 6.52. The topological polar surface area (TPSA) is 163 Å². The molecule has 0 aliphatic carbocycles. The maximum Gasteiger partial charge on any atom is 0.500 e. The normalized spacial score (nSPS) is 12.8. The van der Waals surface area contributed by atoms with Gasteiger partial charge in [-0.05, 0) is 46.5 Å². The van der Waals surface area contributed by atoms with E-state index < -0.39 is 8.80 Å². The average molecular weight is 539 g/mol. The summed E-state index contributed by atoms with van der Waals surface area (Å²) >= 11 is 0. The zero-order valence-corrected chi connectivity index (χ0v) is 24.3. The number of hydrogen-bond acceptors (Lipinski definition) is 9. The molecule has 0 saturated heterocycles. The van der Waals surface area contributed by atoms with E-state index in [1.165, 1.54) is 51.4 Å². The number of rotatable bonds is 23. The number of nitrogens with two attached hydrogens (primary N) is 2. The Kier molecular flexibility index (Phi) is 15.4. The van der Waals surface area contributed by atoms with Crippen molar-refractivity contribution in [1.82, 2.24) is 30.4 Å². The summed E-state index contributed by atoms with van der Waals surface area (Å²) in [6.45, 7) is 7.80. The van der Waals surface area contributed by atoms with Crippen LogP contribution in [-0.4, -0.2) is 59.0 Å². The highest BCUT2D eigenvalue weighted by Gasteiger charge is 2.40. The second-order valence-electron chi connectivity index (χ2n) is 9.51. The van der Waals surface area contributed by atoms with E-state index in [-0.39, 0.29) is 5.92 Å². The first kappa shape index (κ1) is 31.2. The maximum absolute atomic E-state index is 6.02. The highest BCUT2D eigenvalue weighted by Crippen LogP contribution is 2.29.